The fourth-order valence-electron chi connectivity index (χ4n) is 2.87. The Labute approximate surface area is 133 Å². The lowest BCUT2D eigenvalue weighted by molar-refractivity contribution is 0.0164. The van der Waals surface area contributed by atoms with Crippen LogP contribution in [0.5, 0.6) is 5.88 Å². The van der Waals surface area contributed by atoms with Crippen molar-refractivity contribution in [1.82, 2.24) is 10.5 Å². The summed E-state index contributed by atoms with van der Waals surface area (Å²) in [6.45, 7) is 7.48. The molecule has 22 heavy (non-hydrogen) atoms. The monoisotopic (exact) mass is 310 g/mol. The number of aromatic nitrogens is 1. The average molecular weight is 310 g/mol. The van der Waals surface area contributed by atoms with Crippen LogP contribution < -0.4 is 10.1 Å². The largest absolute Gasteiger partial charge is 0.479 e. The zero-order chi connectivity index (χ0) is 15.9. The normalized spacial score (nSPS) is 23.7. The maximum absolute atomic E-state index is 5.98. The summed E-state index contributed by atoms with van der Waals surface area (Å²) >= 11 is 0. The van der Waals surface area contributed by atoms with E-state index in [1.54, 1.807) is 7.11 Å². The molecular formula is C17H30N2O3. The Balaban J connectivity index is 1.68. The van der Waals surface area contributed by atoms with Gasteiger partial charge in [-0.05, 0) is 50.1 Å². The van der Waals surface area contributed by atoms with Crippen LogP contribution in [0, 0.1) is 5.92 Å². The molecule has 0 aliphatic heterocycles. The highest BCUT2D eigenvalue weighted by molar-refractivity contribution is 5.13. The van der Waals surface area contributed by atoms with Crippen LogP contribution in [0.25, 0.3) is 0 Å². The summed E-state index contributed by atoms with van der Waals surface area (Å²) in [4.78, 5) is 0. The molecule has 1 aliphatic carbocycles. The minimum absolute atomic E-state index is 0.153. The summed E-state index contributed by atoms with van der Waals surface area (Å²) in [6, 6.07) is 2.52. The van der Waals surface area contributed by atoms with Crippen LogP contribution in [0.4, 0.5) is 0 Å². The second kappa shape index (κ2) is 8.53. The number of hydrogen-bond donors (Lipinski definition) is 1. The van der Waals surface area contributed by atoms with Crippen molar-refractivity contribution in [2.24, 2.45) is 5.92 Å². The number of nitrogens with zero attached hydrogens (tertiary/aromatic N) is 1. The van der Waals surface area contributed by atoms with Crippen LogP contribution in [0.15, 0.2) is 10.6 Å². The predicted molar refractivity (Wildman–Crippen MR) is 86.1 cm³/mol. The molecule has 0 bridgehead atoms. The summed E-state index contributed by atoms with van der Waals surface area (Å²) in [5.74, 6) is 2.08. The Kier molecular flexibility index (Phi) is 6.70. The number of nitrogens with one attached hydrogen (secondary N) is 1. The molecule has 1 atom stereocenters. The van der Waals surface area contributed by atoms with Gasteiger partial charge in [0.25, 0.3) is 5.88 Å². The Bertz CT molecular complexity index is 425. The number of hydrogen-bond acceptors (Lipinski definition) is 5. The highest BCUT2D eigenvalue weighted by atomic mass is 16.5. The van der Waals surface area contributed by atoms with Gasteiger partial charge in [0.1, 0.15) is 0 Å². The molecule has 1 fully saturated rings. The van der Waals surface area contributed by atoms with Crippen molar-refractivity contribution in [3.63, 3.8) is 0 Å². The second-order valence-electron chi connectivity index (χ2n) is 6.69. The standard InChI is InChI=1S/C17H30N2O3/c1-12(2)9-10-21-15-7-5-14(6-8-15)18-13(3)16-11-17(20-4)19-22-16/h11-15,18H,5-10H2,1-4H3. The molecule has 1 aliphatic rings. The maximum atomic E-state index is 5.98. The third kappa shape index (κ3) is 5.29. The van der Waals surface area contributed by atoms with E-state index in [-0.39, 0.29) is 6.04 Å². The number of rotatable bonds is 8. The van der Waals surface area contributed by atoms with Gasteiger partial charge in [-0.3, -0.25) is 0 Å². The lowest BCUT2D eigenvalue weighted by Crippen LogP contribution is -2.36. The van der Waals surface area contributed by atoms with Crippen LogP contribution in [-0.2, 0) is 4.74 Å². The molecule has 126 valence electrons. The second-order valence-corrected chi connectivity index (χ2v) is 6.69. The molecule has 1 aromatic rings. The van der Waals surface area contributed by atoms with Gasteiger partial charge in [0, 0.05) is 18.7 Å². The Morgan fingerprint density at radius 1 is 1.27 bits per heavy atom. The number of methoxy groups -OCH3 is 1. The SMILES string of the molecule is COc1cc(C(C)NC2CCC(OCCC(C)C)CC2)on1. The molecule has 1 N–H and O–H groups in total. The molecular weight excluding hydrogens is 280 g/mol. The van der Waals surface area contributed by atoms with Crippen molar-refractivity contribution in [3.05, 3.63) is 11.8 Å². The first-order chi connectivity index (χ1) is 10.6. The fourth-order valence-corrected chi connectivity index (χ4v) is 2.87. The van der Waals surface area contributed by atoms with Crippen molar-refractivity contribution in [3.8, 4) is 5.88 Å². The highest BCUT2D eigenvalue weighted by Gasteiger charge is 2.24. The van der Waals surface area contributed by atoms with Gasteiger partial charge < -0.3 is 19.3 Å². The highest BCUT2D eigenvalue weighted by Crippen LogP contribution is 2.25. The maximum Gasteiger partial charge on any atom is 0.254 e. The topological polar surface area (TPSA) is 56.5 Å². The molecule has 1 aromatic heterocycles. The Morgan fingerprint density at radius 2 is 2.00 bits per heavy atom. The van der Waals surface area contributed by atoms with Crippen LogP contribution in [-0.4, -0.2) is 31.0 Å². The van der Waals surface area contributed by atoms with E-state index in [0.717, 1.165) is 50.4 Å². The molecule has 2 rings (SSSR count). The third-order valence-corrected chi connectivity index (χ3v) is 4.35. The third-order valence-electron chi connectivity index (χ3n) is 4.35. The van der Waals surface area contributed by atoms with E-state index < -0.39 is 0 Å². The molecule has 0 radical (unpaired) electrons. The van der Waals surface area contributed by atoms with E-state index >= 15 is 0 Å². The van der Waals surface area contributed by atoms with Crippen LogP contribution in [0.3, 0.4) is 0 Å². The minimum Gasteiger partial charge on any atom is -0.479 e. The van der Waals surface area contributed by atoms with E-state index in [0.29, 0.717) is 18.0 Å². The summed E-state index contributed by atoms with van der Waals surface area (Å²) in [7, 11) is 1.60. The van der Waals surface area contributed by atoms with Crippen molar-refractivity contribution >= 4 is 0 Å². The molecule has 1 saturated carbocycles. The zero-order valence-corrected chi connectivity index (χ0v) is 14.3. The van der Waals surface area contributed by atoms with Gasteiger partial charge in [-0.25, -0.2) is 0 Å². The Morgan fingerprint density at radius 3 is 2.59 bits per heavy atom. The molecule has 0 saturated heterocycles. The minimum atomic E-state index is 0.153. The lowest BCUT2D eigenvalue weighted by atomic mass is 9.92. The van der Waals surface area contributed by atoms with Crippen molar-refractivity contribution in [2.45, 2.75) is 71.1 Å². The quantitative estimate of drug-likeness (QED) is 0.793. The molecule has 5 nitrogen and oxygen atoms in total. The molecule has 1 unspecified atom stereocenters. The molecule has 0 spiro atoms. The van der Waals surface area contributed by atoms with Gasteiger partial charge in [0.2, 0.25) is 0 Å². The van der Waals surface area contributed by atoms with E-state index in [1.165, 1.54) is 0 Å². The van der Waals surface area contributed by atoms with Gasteiger partial charge in [-0.15, -0.1) is 0 Å². The van der Waals surface area contributed by atoms with E-state index in [2.05, 4.69) is 31.2 Å². The van der Waals surface area contributed by atoms with Crippen molar-refractivity contribution < 1.29 is 14.0 Å². The summed E-state index contributed by atoms with van der Waals surface area (Å²) < 4.78 is 16.3. The van der Waals surface area contributed by atoms with Gasteiger partial charge in [-0.2, -0.15) is 0 Å². The van der Waals surface area contributed by atoms with Crippen LogP contribution >= 0.6 is 0 Å². The smallest absolute Gasteiger partial charge is 0.254 e. The van der Waals surface area contributed by atoms with Gasteiger partial charge >= 0.3 is 0 Å². The van der Waals surface area contributed by atoms with Crippen LogP contribution in [0.2, 0.25) is 0 Å². The van der Waals surface area contributed by atoms with Gasteiger partial charge in [0.05, 0.1) is 19.3 Å². The van der Waals surface area contributed by atoms with Crippen LogP contribution in [0.1, 0.15) is 64.7 Å². The van der Waals surface area contributed by atoms with Crippen molar-refractivity contribution in [1.29, 1.82) is 0 Å². The van der Waals surface area contributed by atoms with E-state index in [4.69, 9.17) is 14.0 Å². The predicted octanol–water partition coefficient (Wildman–Crippen LogP) is 3.71. The molecule has 5 heteroatoms. The first-order valence-corrected chi connectivity index (χ1v) is 8.46. The van der Waals surface area contributed by atoms with Crippen molar-refractivity contribution in [2.75, 3.05) is 13.7 Å². The summed E-state index contributed by atoms with van der Waals surface area (Å²) in [5, 5.41) is 7.47. The van der Waals surface area contributed by atoms with E-state index in [1.807, 2.05) is 6.07 Å². The zero-order valence-electron chi connectivity index (χ0n) is 14.3. The fraction of sp³-hybridized carbons (Fsp3) is 0.824. The first-order valence-electron chi connectivity index (χ1n) is 8.46. The summed E-state index contributed by atoms with van der Waals surface area (Å²) in [5.41, 5.74) is 0. The Hall–Kier alpha value is -1.07. The molecule has 1 heterocycles. The molecule has 0 aromatic carbocycles. The summed E-state index contributed by atoms with van der Waals surface area (Å²) in [6.07, 6.45) is 6.19. The lowest BCUT2D eigenvalue weighted by Gasteiger charge is -2.30. The molecule has 0 amide bonds. The van der Waals surface area contributed by atoms with E-state index in [9.17, 15) is 0 Å². The van der Waals surface area contributed by atoms with Gasteiger partial charge in [-0.1, -0.05) is 13.8 Å². The first kappa shape index (κ1) is 17.3. The number of ether oxygens (including phenoxy) is 2. The van der Waals surface area contributed by atoms with Gasteiger partial charge in [0.15, 0.2) is 5.76 Å². The average Bonchev–Trinajstić information content (AvgIpc) is 2.98.